The van der Waals surface area contributed by atoms with Gasteiger partial charge in [-0.1, -0.05) is 31.5 Å². The van der Waals surface area contributed by atoms with E-state index in [1.54, 1.807) is 0 Å². The van der Waals surface area contributed by atoms with Crippen molar-refractivity contribution in [3.8, 4) is 5.69 Å². The quantitative estimate of drug-likeness (QED) is 0.900. The molecule has 0 bridgehead atoms. The molecule has 4 heteroatoms. The van der Waals surface area contributed by atoms with Crippen LogP contribution in [-0.2, 0) is 6.42 Å². The second kappa shape index (κ2) is 4.57. The number of aryl methyl sites for hydroxylation is 1. The van der Waals surface area contributed by atoms with Gasteiger partial charge in [0.1, 0.15) is 5.82 Å². The predicted molar refractivity (Wildman–Crippen MR) is 79.6 cm³/mol. The average Bonchev–Trinajstić information content (AvgIpc) is 2.93. The topological polar surface area (TPSA) is 29.9 Å². The highest BCUT2D eigenvalue weighted by molar-refractivity contribution is 6.30. The van der Waals surface area contributed by atoms with Gasteiger partial charge in [-0.3, -0.25) is 0 Å². The molecule has 0 fully saturated rings. The van der Waals surface area contributed by atoms with Crippen molar-refractivity contribution in [2.75, 3.05) is 11.9 Å². The van der Waals surface area contributed by atoms with E-state index < -0.39 is 0 Å². The van der Waals surface area contributed by atoms with Crippen molar-refractivity contribution in [2.45, 2.75) is 33.1 Å². The van der Waals surface area contributed by atoms with Gasteiger partial charge in [-0.2, -0.15) is 5.10 Å². The third-order valence-corrected chi connectivity index (χ3v) is 3.86. The van der Waals surface area contributed by atoms with Crippen LogP contribution in [-0.4, -0.2) is 16.3 Å². The smallest absolute Gasteiger partial charge is 0.133 e. The summed E-state index contributed by atoms with van der Waals surface area (Å²) in [5, 5.41) is 8.99. The summed E-state index contributed by atoms with van der Waals surface area (Å²) in [6, 6.07) is 5.94. The van der Waals surface area contributed by atoms with Crippen LogP contribution < -0.4 is 5.32 Å². The van der Waals surface area contributed by atoms with E-state index in [0.29, 0.717) is 5.92 Å². The van der Waals surface area contributed by atoms with Crippen molar-refractivity contribution in [1.82, 2.24) is 9.78 Å². The van der Waals surface area contributed by atoms with E-state index in [1.807, 2.05) is 22.9 Å². The molecule has 2 aromatic rings. The molecule has 1 N–H and O–H groups in total. The summed E-state index contributed by atoms with van der Waals surface area (Å²) >= 11 is 6.13. The molecule has 1 aromatic heterocycles. The van der Waals surface area contributed by atoms with E-state index in [9.17, 15) is 0 Å². The minimum atomic E-state index is 0.439. The van der Waals surface area contributed by atoms with E-state index >= 15 is 0 Å². The molecule has 1 aliphatic heterocycles. The molecule has 19 heavy (non-hydrogen) atoms. The largest absolute Gasteiger partial charge is 0.369 e. The minimum absolute atomic E-state index is 0.439. The summed E-state index contributed by atoms with van der Waals surface area (Å²) in [6.07, 6.45) is 1.06. The molecule has 0 spiro atoms. The zero-order valence-electron chi connectivity index (χ0n) is 11.5. The lowest BCUT2D eigenvalue weighted by molar-refractivity contribution is 0.755. The van der Waals surface area contributed by atoms with E-state index in [4.69, 9.17) is 16.7 Å². The van der Waals surface area contributed by atoms with Crippen LogP contribution in [0, 0.1) is 6.92 Å². The van der Waals surface area contributed by atoms with Crippen LogP contribution >= 0.6 is 11.6 Å². The molecule has 0 saturated heterocycles. The second-order valence-electron chi connectivity index (χ2n) is 5.39. The molecule has 1 aliphatic rings. The fraction of sp³-hybridized carbons (Fsp3) is 0.400. The standard InChI is InChI=1S/C15H18ClN3/c1-9(2)14-12-6-7-17-15(12)19(18-14)13-8-11(16)5-4-10(13)3/h4-5,8-9,17H,6-7H2,1-3H3. The number of fused-ring (bicyclic) bond motifs is 1. The molecular formula is C15H18ClN3. The predicted octanol–water partition coefficient (Wildman–Crippen LogP) is 3.93. The molecule has 1 aromatic carbocycles. The maximum absolute atomic E-state index is 6.13. The summed E-state index contributed by atoms with van der Waals surface area (Å²) < 4.78 is 2.01. The summed E-state index contributed by atoms with van der Waals surface area (Å²) in [4.78, 5) is 0. The van der Waals surface area contributed by atoms with E-state index in [-0.39, 0.29) is 0 Å². The maximum Gasteiger partial charge on any atom is 0.133 e. The molecule has 0 aliphatic carbocycles. The number of nitrogens with one attached hydrogen (secondary N) is 1. The minimum Gasteiger partial charge on any atom is -0.369 e. The third kappa shape index (κ3) is 2.02. The summed E-state index contributed by atoms with van der Waals surface area (Å²) in [5.41, 5.74) is 4.79. The van der Waals surface area contributed by atoms with Crippen molar-refractivity contribution in [3.63, 3.8) is 0 Å². The van der Waals surface area contributed by atoms with Crippen molar-refractivity contribution < 1.29 is 0 Å². The Morgan fingerprint density at radius 3 is 2.89 bits per heavy atom. The molecule has 100 valence electrons. The summed E-state index contributed by atoms with van der Waals surface area (Å²) in [6.45, 7) is 7.46. The van der Waals surface area contributed by atoms with Crippen molar-refractivity contribution in [2.24, 2.45) is 0 Å². The lowest BCUT2D eigenvalue weighted by atomic mass is 10.1. The first-order valence-corrected chi connectivity index (χ1v) is 7.08. The average molecular weight is 276 g/mol. The highest BCUT2D eigenvalue weighted by Crippen LogP contribution is 2.33. The number of rotatable bonds is 2. The van der Waals surface area contributed by atoms with Crippen molar-refractivity contribution in [3.05, 3.63) is 40.0 Å². The van der Waals surface area contributed by atoms with Gasteiger partial charge in [0.25, 0.3) is 0 Å². The Hall–Kier alpha value is -1.48. The summed E-state index contributed by atoms with van der Waals surface area (Å²) in [7, 11) is 0. The van der Waals surface area contributed by atoms with Gasteiger partial charge in [0.2, 0.25) is 0 Å². The van der Waals surface area contributed by atoms with Gasteiger partial charge in [-0.15, -0.1) is 0 Å². The van der Waals surface area contributed by atoms with Gasteiger partial charge in [0.05, 0.1) is 11.4 Å². The first kappa shape index (κ1) is 12.5. The lowest BCUT2D eigenvalue weighted by Gasteiger charge is -2.10. The maximum atomic E-state index is 6.13. The Morgan fingerprint density at radius 1 is 1.37 bits per heavy atom. The number of hydrogen-bond donors (Lipinski definition) is 1. The molecule has 0 unspecified atom stereocenters. The van der Waals surface area contributed by atoms with E-state index in [0.717, 1.165) is 29.5 Å². The number of benzene rings is 1. The number of hydrogen-bond acceptors (Lipinski definition) is 2. The van der Waals surface area contributed by atoms with Crippen LogP contribution in [0.3, 0.4) is 0 Å². The monoisotopic (exact) mass is 275 g/mol. The van der Waals surface area contributed by atoms with Gasteiger partial charge in [0, 0.05) is 17.1 Å². The fourth-order valence-corrected chi connectivity index (χ4v) is 2.82. The number of anilines is 1. The second-order valence-corrected chi connectivity index (χ2v) is 5.82. The first-order valence-electron chi connectivity index (χ1n) is 6.70. The van der Waals surface area contributed by atoms with Crippen LogP contribution in [0.25, 0.3) is 5.69 Å². The Morgan fingerprint density at radius 2 is 2.16 bits per heavy atom. The Bertz CT molecular complexity index is 629. The van der Waals surface area contributed by atoms with Gasteiger partial charge in [-0.25, -0.2) is 4.68 Å². The SMILES string of the molecule is Cc1ccc(Cl)cc1-n1nc(C(C)C)c2c1NCC2. The summed E-state index contributed by atoms with van der Waals surface area (Å²) in [5.74, 6) is 1.57. The van der Waals surface area contributed by atoms with Gasteiger partial charge < -0.3 is 5.32 Å². The Labute approximate surface area is 118 Å². The molecule has 0 atom stereocenters. The number of nitrogens with zero attached hydrogens (tertiary/aromatic N) is 2. The molecule has 0 amide bonds. The highest BCUT2D eigenvalue weighted by atomic mass is 35.5. The van der Waals surface area contributed by atoms with E-state index in [2.05, 4.69) is 26.1 Å². The van der Waals surface area contributed by atoms with Crippen LogP contribution in [0.2, 0.25) is 5.02 Å². The lowest BCUT2D eigenvalue weighted by Crippen LogP contribution is -2.06. The molecule has 3 nitrogen and oxygen atoms in total. The van der Waals surface area contributed by atoms with Crippen LogP contribution in [0.5, 0.6) is 0 Å². The first-order chi connectivity index (χ1) is 9.08. The molecule has 0 saturated carbocycles. The van der Waals surface area contributed by atoms with Crippen LogP contribution in [0.1, 0.15) is 36.6 Å². The Kier molecular flexibility index (Phi) is 3.02. The number of aromatic nitrogens is 2. The number of halogens is 1. The molecular weight excluding hydrogens is 258 g/mol. The zero-order chi connectivity index (χ0) is 13.6. The van der Waals surface area contributed by atoms with Gasteiger partial charge in [-0.05, 0) is 37.0 Å². The van der Waals surface area contributed by atoms with Crippen LogP contribution in [0.15, 0.2) is 18.2 Å². The third-order valence-electron chi connectivity index (χ3n) is 3.63. The molecule has 3 rings (SSSR count). The van der Waals surface area contributed by atoms with Gasteiger partial charge >= 0.3 is 0 Å². The normalized spacial score (nSPS) is 13.7. The zero-order valence-corrected chi connectivity index (χ0v) is 12.3. The molecule has 0 radical (unpaired) electrons. The van der Waals surface area contributed by atoms with Crippen molar-refractivity contribution in [1.29, 1.82) is 0 Å². The Balaban J connectivity index is 2.21. The molecule has 2 heterocycles. The van der Waals surface area contributed by atoms with Gasteiger partial charge in [0.15, 0.2) is 0 Å². The van der Waals surface area contributed by atoms with E-state index in [1.165, 1.54) is 16.8 Å². The van der Waals surface area contributed by atoms with Crippen LogP contribution in [0.4, 0.5) is 5.82 Å². The van der Waals surface area contributed by atoms with Crippen molar-refractivity contribution >= 4 is 17.4 Å². The highest BCUT2D eigenvalue weighted by Gasteiger charge is 2.24. The fourth-order valence-electron chi connectivity index (χ4n) is 2.65.